The Hall–Kier alpha value is -2.34. The van der Waals surface area contributed by atoms with Crippen LogP contribution in [0.2, 0.25) is 0 Å². The summed E-state index contributed by atoms with van der Waals surface area (Å²) in [6.07, 6.45) is 1.82. The molecule has 0 spiro atoms. The molecule has 0 aliphatic rings. The van der Waals surface area contributed by atoms with E-state index in [1.165, 1.54) is 0 Å². The van der Waals surface area contributed by atoms with E-state index in [4.69, 9.17) is 9.47 Å². The third kappa shape index (κ3) is 6.23. The first-order chi connectivity index (χ1) is 12.1. The van der Waals surface area contributed by atoms with Gasteiger partial charge in [0.2, 0.25) is 0 Å². The van der Waals surface area contributed by atoms with E-state index in [9.17, 15) is 9.59 Å². The number of halogens is 1. The van der Waals surface area contributed by atoms with Gasteiger partial charge in [-0.05, 0) is 58.7 Å². The number of nitrogens with one attached hydrogen (secondary N) is 1. The number of ether oxygens (including phenoxy) is 2. The Balaban J connectivity index is 1.82. The normalized spacial score (nSPS) is 10.2. The van der Waals surface area contributed by atoms with Gasteiger partial charge in [-0.3, -0.25) is 4.79 Å². The summed E-state index contributed by atoms with van der Waals surface area (Å²) in [6, 6.07) is 13.9. The van der Waals surface area contributed by atoms with Crippen LogP contribution < -0.4 is 10.1 Å². The van der Waals surface area contributed by atoms with E-state index in [1.807, 2.05) is 25.1 Å². The molecule has 1 amide bonds. The smallest absolute Gasteiger partial charge is 0.338 e. The zero-order valence-corrected chi connectivity index (χ0v) is 15.5. The molecule has 2 aromatic rings. The largest absolute Gasteiger partial charge is 0.484 e. The van der Waals surface area contributed by atoms with Crippen molar-refractivity contribution in [3.63, 3.8) is 0 Å². The number of unbranched alkanes of at least 4 members (excludes halogenated alkanes) is 1. The van der Waals surface area contributed by atoms with Gasteiger partial charge in [0.05, 0.1) is 17.9 Å². The summed E-state index contributed by atoms with van der Waals surface area (Å²) in [5.74, 6) is -0.117. The number of hydrogen-bond acceptors (Lipinski definition) is 4. The summed E-state index contributed by atoms with van der Waals surface area (Å²) in [7, 11) is 0. The van der Waals surface area contributed by atoms with Crippen LogP contribution in [0, 0.1) is 0 Å². The molecule has 132 valence electrons. The minimum Gasteiger partial charge on any atom is -0.484 e. The SMILES string of the molecule is CCCCOC(=O)c1ccc(OCC(=O)Nc2ccccc2Br)cc1. The van der Waals surface area contributed by atoms with Gasteiger partial charge in [-0.1, -0.05) is 25.5 Å². The molecule has 0 fully saturated rings. The summed E-state index contributed by atoms with van der Waals surface area (Å²) in [5.41, 5.74) is 1.14. The number of esters is 1. The first kappa shape index (κ1) is 19.0. The van der Waals surface area contributed by atoms with Gasteiger partial charge in [0.25, 0.3) is 5.91 Å². The summed E-state index contributed by atoms with van der Waals surface area (Å²) in [6.45, 7) is 2.33. The molecule has 0 aromatic heterocycles. The van der Waals surface area contributed by atoms with Crippen LogP contribution in [-0.2, 0) is 9.53 Å². The second kappa shape index (κ2) is 9.84. The number of hydrogen-bond donors (Lipinski definition) is 1. The van der Waals surface area contributed by atoms with Gasteiger partial charge in [-0.15, -0.1) is 0 Å². The van der Waals surface area contributed by atoms with Crippen molar-refractivity contribution >= 4 is 33.5 Å². The highest BCUT2D eigenvalue weighted by Crippen LogP contribution is 2.21. The monoisotopic (exact) mass is 405 g/mol. The highest BCUT2D eigenvalue weighted by atomic mass is 79.9. The lowest BCUT2D eigenvalue weighted by molar-refractivity contribution is -0.118. The van der Waals surface area contributed by atoms with Gasteiger partial charge in [0, 0.05) is 4.47 Å². The number of anilines is 1. The fourth-order valence-electron chi connectivity index (χ4n) is 1.98. The molecule has 0 bridgehead atoms. The molecule has 0 unspecified atom stereocenters. The molecule has 0 heterocycles. The van der Waals surface area contributed by atoms with Gasteiger partial charge >= 0.3 is 5.97 Å². The predicted octanol–water partition coefficient (Wildman–Crippen LogP) is 4.42. The van der Waals surface area contributed by atoms with Gasteiger partial charge < -0.3 is 14.8 Å². The lowest BCUT2D eigenvalue weighted by Gasteiger charge is -2.09. The predicted molar refractivity (Wildman–Crippen MR) is 99.9 cm³/mol. The van der Waals surface area contributed by atoms with Crippen molar-refractivity contribution in [2.45, 2.75) is 19.8 Å². The fraction of sp³-hybridized carbons (Fsp3) is 0.263. The first-order valence-corrected chi connectivity index (χ1v) is 8.84. The van der Waals surface area contributed by atoms with E-state index >= 15 is 0 Å². The molecule has 6 heteroatoms. The summed E-state index contributed by atoms with van der Waals surface area (Å²) >= 11 is 3.37. The molecule has 0 atom stereocenters. The van der Waals surface area contributed by atoms with E-state index in [0.29, 0.717) is 23.6 Å². The van der Waals surface area contributed by atoms with Crippen LogP contribution in [0.3, 0.4) is 0 Å². The molecule has 2 aromatic carbocycles. The first-order valence-electron chi connectivity index (χ1n) is 8.04. The Morgan fingerprint density at radius 2 is 1.80 bits per heavy atom. The van der Waals surface area contributed by atoms with Crippen LogP contribution in [0.25, 0.3) is 0 Å². The van der Waals surface area contributed by atoms with Crippen molar-refractivity contribution in [2.24, 2.45) is 0 Å². The lowest BCUT2D eigenvalue weighted by atomic mass is 10.2. The molecule has 0 aliphatic carbocycles. The third-order valence-electron chi connectivity index (χ3n) is 3.34. The summed E-state index contributed by atoms with van der Waals surface area (Å²) in [5, 5.41) is 2.75. The van der Waals surface area contributed by atoms with Crippen molar-refractivity contribution in [3.8, 4) is 5.75 Å². The van der Waals surface area contributed by atoms with E-state index in [2.05, 4.69) is 21.2 Å². The highest BCUT2D eigenvalue weighted by Gasteiger charge is 2.09. The maximum absolute atomic E-state index is 11.9. The summed E-state index contributed by atoms with van der Waals surface area (Å²) < 4.78 is 11.4. The average molecular weight is 406 g/mol. The second-order valence-corrected chi connectivity index (χ2v) is 6.18. The fourth-order valence-corrected chi connectivity index (χ4v) is 2.36. The highest BCUT2D eigenvalue weighted by molar-refractivity contribution is 9.10. The van der Waals surface area contributed by atoms with Gasteiger partial charge in [-0.2, -0.15) is 0 Å². The number of amides is 1. The van der Waals surface area contributed by atoms with Crippen LogP contribution in [0.5, 0.6) is 5.75 Å². The van der Waals surface area contributed by atoms with Crippen molar-refractivity contribution in [2.75, 3.05) is 18.5 Å². The summed E-state index contributed by atoms with van der Waals surface area (Å²) in [4.78, 5) is 23.7. The average Bonchev–Trinajstić information content (AvgIpc) is 2.62. The molecule has 1 N–H and O–H groups in total. The molecule has 0 radical (unpaired) electrons. The van der Waals surface area contributed by atoms with Crippen LogP contribution in [0.15, 0.2) is 53.0 Å². The van der Waals surface area contributed by atoms with Crippen molar-refractivity contribution in [1.29, 1.82) is 0 Å². The van der Waals surface area contributed by atoms with E-state index in [1.54, 1.807) is 30.3 Å². The van der Waals surface area contributed by atoms with E-state index < -0.39 is 0 Å². The van der Waals surface area contributed by atoms with Gasteiger partial charge in [0.1, 0.15) is 5.75 Å². The number of para-hydroxylation sites is 1. The molecular weight excluding hydrogens is 386 g/mol. The number of carbonyl (C=O) groups excluding carboxylic acids is 2. The maximum Gasteiger partial charge on any atom is 0.338 e. The third-order valence-corrected chi connectivity index (χ3v) is 4.03. The molecule has 25 heavy (non-hydrogen) atoms. The van der Waals surface area contributed by atoms with Gasteiger partial charge in [0.15, 0.2) is 6.61 Å². The van der Waals surface area contributed by atoms with Crippen molar-refractivity contribution in [3.05, 3.63) is 58.6 Å². The Labute approximate surface area is 155 Å². The minimum atomic E-state index is -0.355. The number of benzene rings is 2. The second-order valence-electron chi connectivity index (χ2n) is 5.33. The topological polar surface area (TPSA) is 64.6 Å². The Bertz CT molecular complexity index is 716. The molecule has 2 rings (SSSR count). The van der Waals surface area contributed by atoms with Crippen LogP contribution >= 0.6 is 15.9 Å². The van der Waals surface area contributed by atoms with Gasteiger partial charge in [-0.25, -0.2) is 4.79 Å². The maximum atomic E-state index is 11.9. The Kier molecular flexibility index (Phi) is 7.47. The molecule has 0 saturated carbocycles. The lowest BCUT2D eigenvalue weighted by Crippen LogP contribution is -2.20. The standard InChI is InChI=1S/C19H20BrNO4/c1-2-3-12-24-19(23)14-8-10-15(11-9-14)25-13-18(22)21-17-7-5-4-6-16(17)20/h4-11H,2-3,12-13H2,1H3,(H,21,22). The van der Waals surface area contributed by atoms with Crippen LogP contribution in [0.4, 0.5) is 5.69 Å². The quantitative estimate of drug-likeness (QED) is 0.521. The van der Waals surface area contributed by atoms with E-state index in [-0.39, 0.29) is 18.5 Å². The van der Waals surface area contributed by atoms with Crippen molar-refractivity contribution < 1.29 is 19.1 Å². The minimum absolute atomic E-state index is 0.123. The zero-order valence-electron chi connectivity index (χ0n) is 14.0. The molecule has 0 saturated heterocycles. The number of rotatable bonds is 8. The van der Waals surface area contributed by atoms with Crippen LogP contribution in [-0.4, -0.2) is 25.1 Å². The van der Waals surface area contributed by atoms with Crippen molar-refractivity contribution in [1.82, 2.24) is 0 Å². The molecular formula is C19H20BrNO4. The Morgan fingerprint density at radius 3 is 2.48 bits per heavy atom. The molecule has 5 nitrogen and oxygen atoms in total. The Morgan fingerprint density at radius 1 is 1.08 bits per heavy atom. The van der Waals surface area contributed by atoms with Crippen LogP contribution in [0.1, 0.15) is 30.1 Å². The zero-order chi connectivity index (χ0) is 18.1. The molecule has 0 aliphatic heterocycles. The number of carbonyl (C=O) groups is 2. The van der Waals surface area contributed by atoms with E-state index in [0.717, 1.165) is 17.3 Å².